The number of nitrogens with zero attached hydrogens (tertiary/aromatic N) is 12. The maximum atomic E-state index is 4.52. The van der Waals surface area contributed by atoms with E-state index in [4.69, 9.17) is 0 Å². The van der Waals surface area contributed by atoms with Gasteiger partial charge in [0, 0.05) is 77.1 Å². The normalized spacial score (nSPS) is 14.2. The summed E-state index contributed by atoms with van der Waals surface area (Å²) in [7, 11) is 8.31. The molecule has 0 aliphatic carbocycles. The fourth-order valence-corrected chi connectivity index (χ4v) is 11.0. The first-order chi connectivity index (χ1) is 36.7. The van der Waals surface area contributed by atoms with Crippen LogP contribution in [-0.2, 0) is 28.2 Å². The Balaban J connectivity index is 0.000000124. The molecule has 0 unspecified atom stereocenters. The third-order valence-corrected chi connectivity index (χ3v) is 14.7. The first-order valence-electron chi connectivity index (χ1n) is 26.2. The summed E-state index contributed by atoms with van der Waals surface area (Å²) in [6.07, 6.45) is 19.6. The number of hydrogen-bond acceptors (Lipinski definition) is 8. The fraction of sp³-hybridized carbons (Fsp3) is 0.200. The molecule has 12 rings (SSSR count). The van der Waals surface area contributed by atoms with Crippen LogP contribution in [0.4, 0.5) is 23.3 Å². The monoisotopic (exact) mass is 1000 g/mol. The van der Waals surface area contributed by atoms with E-state index in [1.807, 2.05) is 67.5 Å². The average molecular weight is 1000 g/mol. The van der Waals surface area contributed by atoms with Crippen LogP contribution in [0.25, 0.3) is 46.7 Å². The van der Waals surface area contributed by atoms with Crippen LogP contribution in [0.2, 0.25) is 27.3 Å². The molecule has 12 heterocycles. The number of hydrogen-bond donors (Lipinski definition) is 0. The summed E-state index contributed by atoms with van der Waals surface area (Å²) in [6.45, 7) is 18.8. The molecule has 0 saturated carbocycles. The van der Waals surface area contributed by atoms with Gasteiger partial charge in [-0.3, -0.25) is 39.2 Å². The van der Waals surface area contributed by atoms with Crippen LogP contribution in [0.3, 0.4) is 0 Å². The van der Waals surface area contributed by atoms with Crippen molar-refractivity contribution in [3.63, 3.8) is 0 Å². The third-order valence-electron chi connectivity index (χ3n) is 14.7. The number of anilines is 4. The van der Waals surface area contributed by atoms with Gasteiger partial charge in [-0.05, 0) is 131 Å². The lowest BCUT2D eigenvalue weighted by molar-refractivity contribution is -0.658. The van der Waals surface area contributed by atoms with Gasteiger partial charge in [0.05, 0.1) is 75.4 Å². The molecule has 0 saturated heterocycles. The van der Waals surface area contributed by atoms with E-state index in [9.17, 15) is 0 Å². The second kappa shape index (κ2) is 23.0. The van der Waals surface area contributed by atoms with Crippen LogP contribution >= 0.6 is 0 Å². The van der Waals surface area contributed by atoms with E-state index in [0.29, 0.717) is 27.4 Å². The van der Waals surface area contributed by atoms with E-state index in [2.05, 4.69) is 268 Å². The van der Waals surface area contributed by atoms with Gasteiger partial charge in [0.25, 0.3) is 23.3 Å². The molecule has 0 bridgehead atoms. The van der Waals surface area contributed by atoms with Gasteiger partial charge in [-0.2, -0.15) is 0 Å². The molecular formula is C60H68B4N12+4. The van der Waals surface area contributed by atoms with Crippen molar-refractivity contribution in [3.8, 4) is 0 Å². The Labute approximate surface area is 449 Å². The van der Waals surface area contributed by atoms with Crippen LogP contribution < -0.4 is 79.5 Å². The second-order valence-electron chi connectivity index (χ2n) is 19.9. The van der Waals surface area contributed by atoms with E-state index in [1.54, 1.807) is 0 Å². The Hall–Kier alpha value is -8.38. The molecule has 16 heteroatoms. The second-order valence-corrected chi connectivity index (χ2v) is 19.9. The Morgan fingerprint density at radius 2 is 0.776 bits per heavy atom. The molecule has 0 N–H and O–H groups in total. The van der Waals surface area contributed by atoms with Crippen molar-refractivity contribution < 1.29 is 18.3 Å². The molecule has 0 aromatic carbocycles. The zero-order valence-corrected chi connectivity index (χ0v) is 46.2. The zero-order chi connectivity index (χ0) is 53.6. The summed E-state index contributed by atoms with van der Waals surface area (Å²) in [6, 6.07) is 37.5. The van der Waals surface area contributed by atoms with Crippen LogP contribution in [0.15, 0.2) is 171 Å². The molecule has 8 aromatic heterocycles. The number of pyridine rings is 8. The van der Waals surface area contributed by atoms with Gasteiger partial charge in [0.15, 0.2) is 0 Å². The van der Waals surface area contributed by atoms with Crippen molar-refractivity contribution in [1.82, 2.24) is 19.9 Å². The summed E-state index contributed by atoms with van der Waals surface area (Å²) in [4.78, 5) is 26.8. The predicted molar refractivity (Wildman–Crippen MR) is 315 cm³/mol. The summed E-state index contributed by atoms with van der Waals surface area (Å²) in [5.74, 6) is 13.8. The molecule has 0 fully saturated rings. The Kier molecular flexibility index (Phi) is 15.9. The molecule has 0 spiro atoms. The Morgan fingerprint density at radius 1 is 0.355 bits per heavy atom. The summed E-state index contributed by atoms with van der Waals surface area (Å²) in [5, 5.41) is 9.57. The quantitative estimate of drug-likeness (QED) is 0.196. The molecule has 376 valence electrons. The van der Waals surface area contributed by atoms with Gasteiger partial charge in [0.1, 0.15) is 11.0 Å². The molecule has 76 heavy (non-hydrogen) atoms. The van der Waals surface area contributed by atoms with E-state index in [-0.39, 0.29) is 0 Å². The highest BCUT2D eigenvalue weighted by Crippen LogP contribution is 2.21. The lowest BCUT2D eigenvalue weighted by Gasteiger charge is -2.24. The fourth-order valence-electron chi connectivity index (χ4n) is 11.0. The van der Waals surface area contributed by atoms with Crippen LogP contribution in [0, 0.1) is 0 Å². The number of aryl methyl sites for hydroxylation is 4. The van der Waals surface area contributed by atoms with E-state index in [0.717, 1.165) is 10.7 Å². The van der Waals surface area contributed by atoms with Gasteiger partial charge < -0.3 is 0 Å². The summed E-state index contributed by atoms with van der Waals surface area (Å²) >= 11 is 0. The van der Waals surface area contributed by atoms with Gasteiger partial charge >= 0.3 is 27.4 Å². The molecule has 0 atom stereocenters. The minimum absolute atomic E-state index is 0.302. The Morgan fingerprint density at radius 3 is 1.32 bits per heavy atom. The van der Waals surface area contributed by atoms with Crippen LogP contribution in [0.5, 0.6) is 0 Å². The van der Waals surface area contributed by atoms with E-state index < -0.39 is 0 Å². The Bertz CT molecular complexity index is 3470. The molecule has 0 radical (unpaired) electrons. The van der Waals surface area contributed by atoms with Crippen molar-refractivity contribution in [3.05, 3.63) is 213 Å². The lowest BCUT2D eigenvalue weighted by Crippen LogP contribution is -2.51. The average Bonchev–Trinajstić information content (AvgIpc) is 3.41. The maximum absolute atomic E-state index is 4.52. The molecule has 0 amide bonds. The maximum Gasteiger partial charge on any atom is 0.404 e. The van der Waals surface area contributed by atoms with Gasteiger partial charge in [-0.15, -0.1) is 0 Å². The molecule has 4 aliphatic rings. The van der Waals surface area contributed by atoms with Crippen molar-refractivity contribution in [2.45, 2.75) is 55.0 Å². The summed E-state index contributed by atoms with van der Waals surface area (Å²) in [5.41, 5.74) is 4.97. The zero-order valence-electron chi connectivity index (χ0n) is 46.2. The first kappa shape index (κ1) is 52.5. The minimum Gasteiger partial charge on any atom is -0.291 e. The SMILES string of the molecule is CB1C=c2cccnc2=C(C)N1c1cccc[n+]1C.CB1C=c2ccncc2=C(C)N1c1cccc[n+]1C.CB1C=c2cnccc2=C(C)N1c1cccc[n+]1C.CB1C=c2ncccc2=C(C)N1c1cccc[n+]1C. The minimum atomic E-state index is 0.302. The van der Waals surface area contributed by atoms with Crippen molar-refractivity contribution in [1.29, 1.82) is 0 Å². The largest absolute Gasteiger partial charge is 0.404 e. The molecule has 8 aromatic rings. The van der Waals surface area contributed by atoms with Crippen molar-refractivity contribution in [2.75, 3.05) is 19.2 Å². The van der Waals surface area contributed by atoms with Crippen molar-refractivity contribution in [2.24, 2.45) is 28.2 Å². The van der Waals surface area contributed by atoms with Crippen LogP contribution in [0.1, 0.15) is 27.7 Å². The van der Waals surface area contributed by atoms with E-state index >= 15 is 0 Å². The number of rotatable bonds is 4. The van der Waals surface area contributed by atoms with E-state index in [1.165, 1.54) is 77.4 Å². The predicted octanol–water partition coefficient (Wildman–Crippen LogP) is 1.98. The topological polar surface area (TPSA) is 80.0 Å². The van der Waals surface area contributed by atoms with Crippen LogP contribution in [-0.4, -0.2) is 47.3 Å². The molecular weight excluding hydrogens is 932 g/mol. The molecule has 12 nitrogen and oxygen atoms in total. The highest BCUT2D eigenvalue weighted by Gasteiger charge is 2.35. The lowest BCUT2D eigenvalue weighted by atomic mass is 9.60. The van der Waals surface area contributed by atoms with Gasteiger partial charge in [0.2, 0.25) is 0 Å². The van der Waals surface area contributed by atoms with Gasteiger partial charge in [-0.1, -0.05) is 48.3 Å². The standard InChI is InChI=1S/4C15H17BN3/c1-12-13-7-6-9-17-14(13)11-16(2)19(12)15-8-4-5-10-18(15)3;1-12-15-13(7-6-9-17-15)11-16(2)19(12)14-8-4-5-10-18(14)3;1-12-14-7-8-17-11-13(14)10-16(2)19(12)15-6-4-5-9-18(15)3;1-12-14-11-17-8-7-13(14)10-16(2)19(12)15-6-4-5-9-18(15)3/h4*4-11H,1-3H3/q4*+1. The summed E-state index contributed by atoms with van der Waals surface area (Å²) < 4.78 is 8.59. The smallest absolute Gasteiger partial charge is 0.291 e. The number of aromatic nitrogens is 8. The van der Waals surface area contributed by atoms with Gasteiger partial charge in [-0.25, -0.2) is 18.3 Å². The number of fused-ring (bicyclic) bond motifs is 4. The third kappa shape index (κ3) is 10.8. The highest BCUT2D eigenvalue weighted by molar-refractivity contribution is 6.78. The highest BCUT2D eigenvalue weighted by atomic mass is 15.2. The first-order valence-corrected chi connectivity index (χ1v) is 26.2. The van der Waals surface area contributed by atoms with Crippen molar-refractivity contribution >= 4 is 97.4 Å². The molecule has 4 aliphatic heterocycles.